The minimum absolute atomic E-state index is 2.61. The maximum Gasteiger partial charge on any atom is 0.394 e. The molecule has 0 rings (SSSR count). The lowest BCUT2D eigenvalue weighted by atomic mass is 13.6. The summed E-state index contributed by atoms with van der Waals surface area (Å²) in [4.78, 5) is 0. The highest BCUT2D eigenvalue weighted by Gasteiger charge is 1.84. The topological polar surface area (TPSA) is 178 Å². The maximum absolute atomic E-state index is 8.74. The standard InChI is InChI=1S/H3NO.H2O4S.H2O3S/c1-2;1-5(2,3)4;1-4(2)3/h2H,1H2;(H2,1,2,3,4);(H2,1,2,3). The summed E-state index contributed by atoms with van der Waals surface area (Å²) in [5, 5.41) is 6.50. The van der Waals surface area contributed by atoms with Crippen LogP contribution in [0.3, 0.4) is 0 Å². The van der Waals surface area contributed by atoms with E-state index in [1.54, 1.807) is 0 Å². The van der Waals surface area contributed by atoms with Gasteiger partial charge in [-0.3, -0.25) is 18.2 Å². The van der Waals surface area contributed by atoms with Crippen LogP contribution < -0.4 is 5.90 Å². The first-order chi connectivity index (χ1) is 4.73. The molecule has 0 amide bonds. The summed E-state index contributed by atoms with van der Waals surface area (Å²) in [6, 6.07) is 0. The van der Waals surface area contributed by atoms with Crippen molar-refractivity contribution in [2.24, 2.45) is 5.90 Å². The molecule has 0 bridgehead atoms. The molecule has 9 nitrogen and oxygen atoms in total. The molecule has 0 aliphatic carbocycles. The lowest BCUT2D eigenvalue weighted by molar-refractivity contribution is 0.311. The molecule has 0 aliphatic heterocycles. The molecule has 0 radical (unpaired) electrons. The van der Waals surface area contributed by atoms with E-state index < -0.39 is 21.8 Å². The van der Waals surface area contributed by atoms with Crippen LogP contribution in [0, 0.1) is 0 Å². The molecule has 0 fully saturated rings. The minimum Gasteiger partial charge on any atom is -0.320 e. The van der Waals surface area contributed by atoms with Crippen LogP contribution in [0.15, 0.2) is 0 Å². The van der Waals surface area contributed by atoms with Crippen molar-refractivity contribution in [2.75, 3.05) is 0 Å². The second-order valence-corrected chi connectivity index (χ2v) is 2.04. The molecular weight excluding hydrogens is 206 g/mol. The molecule has 0 spiro atoms. The third-order valence-corrected chi connectivity index (χ3v) is 0. The van der Waals surface area contributed by atoms with E-state index in [4.69, 9.17) is 36.0 Å². The van der Waals surface area contributed by atoms with E-state index in [0.29, 0.717) is 0 Å². The van der Waals surface area contributed by atoms with E-state index in [1.165, 1.54) is 0 Å². The second-order valence-electron chi connectivity index (χ2n) is 0.679. The summed E-state index contributed by atoms with van der Waals surface area (Å²) >= 11 is -2.61. The van der Waals surface area contributed by atoms with Gasteiger partial charge in [0, 0.05) is 0 Å². The van der Waals surface area contributed by atoms with E-state index in [-0.39, 0.29) is 0 Å². The van der Waals surface area contributed by atoms with E-state index in [9.17, 15) is 0 Å². The molecule has 0 aromatic rings. The van der Waals surface area contributed by atoms with Gasteiger partial charge in [0.05, 0.1) is 0 Å². The number of rotatable bonds is 0. The summed E-state index contributed by atoms with van der Waals surface area (Å²) in [6.45, 7) is 0. The van der Waals surface area contributed by atoms with Gasteiger partial charge in [-0.2, -0.15) is 12.6 Å². The van der Waals surface area contributed by atoms with Crippen molar-refractivity contribution in [3.63, 3.8) is 0 Å². The van der Waals surface area contributed by atoms with Crippen LogP contribution in [0.5, 0.6) is 0 Å². The van der Waals surface area contributed by atoms with Gasteiger partial charge in [-0.15, -0.1) is 0 Å². The Morgan fingerprint density at radius 2 is 1.09 bits per heavy atom. The highest BCUT2D eigenvalue weighted by atomic mass is 32.3. The normalized spacial score (nSPS) is 9.00. The van der Waals surface area contributed by atoms with Gasteiger partial charge in [-0.1, -0.05) is 0 Å². The zero-order valence-electron chi connectivity index (χ0n) is 4.85. The largest absolute Gasteiger partial charge is 0.394 e. The molecule has 0 saturated heterocycles. The Labute approximate surface area is 64.5 Å². The van der Waals surface area contributed by atoms with Crippen LogP contribution in [-0.2, 0) is 21.8 Å². The van der Waals surface area contributed by atoms with E-state index in [0.717, 1.165) is 0 Å². The lowest BCUT2D eigenvalue weighted by Gasteiger charge is -1.68. The molecule has 11 heavy (non-hydrogen) atoms. The van der Waals surface area contributed by atoms with Gasteiger partial charge in [-0.05, 0) is 0 Å². The Morgan fingerprint density at radius 1 is 1.09 bits per heavy atom. The van der Waals surface area contributed by atoms with Crippen LogP contribution >= 0.6 is 0 Å². The highest BCUT2D eigenvalue weighted by molar-refractivity contribution is 7.79. The average Bonchev–Trinajstić information content (AvgIpc) is 1.63. The van der Waals surface area contributed by atoms with Gasteiger partial charge < -0.3 is 5.21 Å². The fourth-order valence-electron chi connectivity index (χ4n) is 0. The Kier molecular flexibility index (Phi) is 15.3. The highest BCUT2D eigenvalue weighted by Crippen LogP contribution is 1.59. The van der Waals surface area contributed by atoms with Crippen LogP contribution in [0.25, 0.3) is 0 Å². The van der Waals surface area contributed by atoms with Gasteiger partial charge in [0.2, 0.25) is 0 Å². The maximum atomic E-state index is 8.74. The Bertz CT molecular complexity index is 155. The molecule has 11 heteroatoms. The fourth-order valence-corrected chi connectivity index (χ4v) is 0. The van der Waals surface area contributed by atoms with Crippen molar-refractivity contribution in [1.29, 1.82) is 0 Å². The van der Waals surface area contributed by atoms with Crippen LogP contribution in [0.4, 0.5) is 0 Å². The molecule has 0 atom stereocenters. The molecule has 0 unspecified atom stereocenters. The molecule has 0 heterocycles. The Hall–Kier alpha value is -0.140. The zero-order valence-corrected chi connectivity index (χ0v) is 6.49. The predicted molar refractivity (Wildman–Crippen MR) is 33.6 cm³/mol. The van der Waals surface area contributed by atoms with Crippen molar-refractivity contribution < 1.29 is 36.0 Å². The van der Waals surface area contributed by atoms with Crippen molar-refractivity contribution in [3.05, 3.63) is 0 Å². The van der Waals surface area contributed by atoms with E-state index in [1.807, 2.05) is 0 Å². The molecule has 0 saturated carbocycles. The molecule has 72 valence electrons. The number of hydrogen-bond acceptors (Lipinski definition) is 5. The second kappa shape index (κ2) is 9.86. The van der Waals surface area contributed by atoms with E-state index >= 15 is 0 Å². The summed E-state index contributed by atoms with van der Waals surface area (Å²) < 4.78 is 54.4. The van der Waals surface area contributed by atoms with Crippen LogP contribution in [-0.4, -0.2) is 36.0 Å². The third-order valence-electron chi connectivity index (χ3n) is 0. The first-order valence-corrected chi connectivity index (χ1v) is 3.95. The van der Waals surface area contributed by atoms with Gasteiger partial charge in [0.1, 0.15) is 0 Å². The summed E-state index contributed by atoms with van der Waals surface area (Å²) in [7, 11) is -4.67. The van der Waals surface area contributed by atoms with Gasteiger partial charge in [0.25, 0.3) is 11.4 Å². The fraction of sp³-hybridized carbons (Fsp3) is 0. The van der Waals surface area contributed by atoms with Crippen molar-refractivity contribution in [2.45, 2.75) is 0 Å². The lowest BCUT2D eigenvalue weighted by Crippen LogP contribution is -1.89. The van der Waals surface area contributed by atoms with E-state index in [2.05, 4.69) is 5.90 Å². The monoisotopic (exact) mass is 213 g/mol. The van der Waals surface area contributed by atoms with Crippen molar-refractivity contribution >= 4 is 21.8 Å². The summed E-state index contributed by atoms with van der Waals surface area (Å²) in [5.41, 5.74) is 0. The Morgan fingerprint density at radius 3 is 1.09 bits per heavy atom. The van der Waals surface area contributed by atoms with Gasteiger partial charge in [0.15, 0.2) is 0 Å². The summed E-state index contributed by atoms with van der Waals surface area (Å²) in [6.07, 6.45) is 0. The number of nitrogens with two attached hydrogens (primary N) is 1. The first-order valence-electron chi connectivity index (χ1n) is 1.49. The summed E-state index contributed by atoms with van der Waals surface area (Å²) in [5.74, 6) is 3.50. The van der Waals surface area contributed by atoms with Crippen molar-refractivity contribution in [1.82, 2.24) is 0 Å². The van der Waals surface area contributed by atoms with Gasteiger partial charge in [-0.25, -0.2) is 5.90 Å². The first kappa shape index (κ1) is 17.1. The Balaban J connectivity index is -0.0000000965. The SMILES string of the molecule is NO.O=S(=O)(O)O.O=S(O)O. The molecule has 0 aliphatic rings. The van der Waals surface area contributed by atoms with Gasteiger partial charge >= 0.3 is 10.4 Å². The predicted octanol–water partition coefficient (Wildman–Crippen LogP) is -1.64. The quantitative estimate of drug-likeness (QED) is 0.156. The van der Waals surface area contributed by atoms with Crippen molar-refractivity contribution in [3.8, 4) is 0 Å². The average molecular weight is 213 g/mol. The minimum atomic E-state index is -4.67. The smallest absolute Gasteiger partial charge is 0.320 e. The van der Waals surface area contributed by atoms with Crippen LogP contribution in [0.1, 0.15) is 0 Å². The zero-order chi connectivity index (χ0) is 10.1. The molecule has 0 aromatic carbocycles. The molecule has 0 aromatic heterocycles. The third kappa shape index (κ3) is 31100. The van der Waals surface area contributed by atoms with Crippen LogP contribution in [0.2, 0.25) is 0 Å². The molecular formula is H7NO8S2. The molecule has 7 N–H and O–H groups in total. The number of hydrogen-bond donors (Lipinski definition) is 6.